The Hall–Kier alpha value is -2.58. The third kappa shape index (κ3) is 2.71. The summed E-state index contributed by atoms with van der Waals surface area (Å²) in [5, 5.41) is 6.19. The van der Waals surface area contributed by atoms with E-state index in [9.17, 15) is 18.0 Å². The molecule has 0 radical (unpaired) electrons. The van der Waals surface area contributed by atoms with Gasteiger partial charge >= 0.3 is 6.18 Å². The number of amides is 1. The molecule has 0 bridgehead atoms. The Morgan fingerprint density at radius 2 is 2.05 bits per heavy atom. The molecule has 106 valence electrons. The van der Waals surface area contributed by atoms with Gasteiger partial charge in [0.1, 0.15) is 11.4 Å². The van der Waals surface area contributed by atoms with Crippen molar-refractivity contribution < 1.29 is 18.0 Å². The minimum Gasteiger partial charge on any atom is -0.396 e. The number of aryl methyl sites for hydroxylation is 1. The van der Waals surface area contributed by atoms with E-state index in [2.05, 4.69) is 15.4 Å². The third-order valence-electron chi connectivity index (χ3n) is 2.49. The number of alkyl halides is 3. The Labute approximate surface area is 111 Å². The Kier molecular flexibility index (Phi) is 3.35. The summed E-state index contributed by atoms with van der Waals surface area (Å²) >= 11 is 0. The number of halogens is 3. The zero-order chi connectivity index (χ0) is 14.9. The smallest absolute Gasteiger partial charge is 0.396 e. The van der Waals surface area contributed by atoms with Crippen LogP contribution in [0.15, 0.2) is 24.5 Å². The van der Waals surface area contributed by atoms with Gasteiger partial charge in [0, 0.05) is 7.05 Å². The Balaban J connectivity index is 2.17. The summed E-state index contributed by atoms with van der Waals surface area (Å²) in [5.41, 5.74) is 4.95. The van der Waals surface area contributed by atoms with Crippen LogP contribution in [0.5, 0.6) is 0 Å². The van der Waals surface area contributed by atoms with E-state index < -0.39 is 17.8 Å². The summed E-state index contributed by atoms with van der Waals surface area (Å²) in [7, 11) is 1.52. The predicted octanol–water partition coefficient (Wildman–Crippen LogP) is 1.67. The van der Waals surface area contributed by atoms with Gasteiger partial charge in [0.25, 0.3) is 5.91 Å². The molecule has 2 heterocycles. The molecule has 9 heteroatoms. The number of nitrogens with zero attached hydrogens (tertiary/aromatic N) is 3. The van der Waals surface area contributed by atoms with E-state index in [1.807, 2.05) is 0 Å². The maximum absolute atomic E-state index is 12.3. The second-order valence-electron chi connectivity index (χ2n) is 3.96. The lowest BCUT2D eigenvalue weighted by molar-refractivity contribution is -0.141. The molecular formula is C11H10F3N5O. The zero-order valence-electron chi connectivity index (χ0n) is 10.3. The van der Waals surface area contributed by atoms with Crippen LogP contribution in [0.1, 0.15) is 16.2 Å². The molecule has 0 aliphatic carbocycles. The summed E-state index contributed by atoms with van der Waals surface area (Å²) in [6.07, 6.45) is -2.29. The van der Waals surface area contributed by atoms with Crippen LogP contribution in [0.3, 0.4) is 0 Å². The average Bonchev–Trinajstić information content (AvgIpc) is 2.68. The SMILES string of the molecule is Cn1ncc(N)c1C(=O)Nc1ccc(C(F)(F)F)nc1. The number of aromatic nitrogens is 3. The van der Waals surface area contributed by atoms with Crippen LogP contribution in [0, 0.1) is 0 Å². The van der Waals surface area contributed by atoms with Gasteiger partial charge in [-0.15, -0.1) is 0 Å². The molecule has 0 aliphatic heterocycles. The number of pyridine rings is 1. The van der Waals surface area contributed by atoms with Crippen LogP contribution in [-0.2, 0) is 13.2 Å². The van der Waals surface area contributed by atoms with Crippen molar-refractivity contribution in [3.8, 4) is 0 Å². The summed E-state index contributed by atoms with van der Waals surface area (Å²) < 4.78 is 38.3. The lowest BCUT2D eigenvalue weighted by Crippen LogP contribution is -2.18. The molecule has 2 aromatic heterocycles. The number of carbonyl (C=O) groups is 1. The fourth-order valence-electron chi connectivity index (χ4n) is 1.56. The third-order valence-corrected chi connectivity index (χ3v) is 2.49. The van der Waals surface area contributed by atoms with E-state index in [0.29, 0.717) is 0 Å². The van der Waals surface area contributed by atoms with Crippen LogP contribution in [0.2, 0.25) is 0 Å². The summed E-state index contributed by atoms with van der Waals surface area (Å²) in [6, 6.07) is 1.89. The normalized spacial score (nSPS) is 11.4. The lowest BCUT2D eigenvalue weighted by Gasteiger charge is -2.08. The molecule has 0 saturated carbocycles. The molecule has 0 fully saturated rings. The second-order valence-corrected chi connectivity index (χ2v) is 3.96. The van der Waals surface area contributed by atoms with Gasteiger partial charge in [-0.1, -0.05) is 0 Å². The predicted molar refractivity (Wildman–Crippen MR) is 64.8 cm³/mol. The number of nitrogens with two attached hydrogens (primary N) is 1. The van der Waals surface area contributed by atoms with Crippen LogP contribution >= 0.6 is 0 Å². The fourth-order valence-corrected chi connectivity index (χ4v) is 1.56. The molecule has 2 aromatic rings. The molecule has 0 aromatic carbocycles. The van der Waals surface area contributed by atoms with E-state index in [4.69, 9.17) is 5.73 Å². The largest absolute Gasteiger partial charge is 0.433 e. The van der Waals surface area contributed by atoms with Crippen molar-refractivity contribution in [1.82, 2.24) is 14.8 Å². The lowest BCUT2D eigenvalue weighted by atomic mass is 10.3. The van der Waals surface area contributed by atoms with Gasteiger partial charge in [-0.05, 0) is 12.1 Å². The van der Waals surface area contributed by atoms with Crippen molar-refractivity contribution in [2.75, 3.05) is 11.1 Å². The number of nitrogen functional groups attached to an aromatic ring is 1. The van der Waals surface area contributed by atoms with Crippen molar-refractivity contribution in [2.24, 2.45) is 7.05 Å². The summed E-state index contributed by atoms with van der Waals surface area (Å²) in [4.78, 5) is 15.1. The average molecular weight is 285 g/mol. The molecule has 2 rings (SSSR count). The molecule has 0 unspecified atom stereocenters. The number of nitrogens with one attached hydrogen (secondary N) is 1. The zero-order valence-corrected chi connectivity index (χ0v) is 10.3. The number of hydrogen-bond donors (Lipinski definition) is 2. The van der Waals surface area contributed by atoms with Gasteiger partial charge in [-0.25, -0.2) is 4.98 Å². The first kappa shape index (κ1) is 13.8. The van der Waals surface area contributed by atoms with Crippen LogP contribution in [0.25, 0.3) is 0 Å². The molecule has 1 amide bonds. The maximum atomic E-state index is 12.3. The summed E-state index contributed by atoms with van der Waals surface area (Å²) in [5.74, 6) is -0.580. The van der Waals surface area contributed by atoms with Crippen LogP contribution in [-0.4, -0.2) is 20.7 Å². The monoisotopic (exact) mass is 285 g/mol. The van der Waals surface area contributed by atoms with Gasteiger partial charge in [-0.2, -0.15) is 18.3 Å². The number of anilines is 2. The molecular weight excluding hydrogens is 275 g/mol. The van der Waals surface area contributed by atoms with E-state index in [1.54, 1.807) is 0 Å². The topological polar surface area (TPSA) is 85.8 Å². The Bertz CT molecular complexity index is 613. The molecule has 20 heavy (non-hydrogen) atoms. The first-order valence-corrected chi connectivity index (χ1v) is 5.41. The van der Waals surface area contributed by atoms with Crippen molar-refractivity contribution in [2.45, 2.75) is 6.18 Å². The van der Waals surface area contributed by atoms with E-state index in [-0.39, 0.29) is 17.1 Å². The van der Waals surface area contributed by atoms with E-state index in [1.165, 1.54) is 17.9 Å². The van der Waals surface area contributed by atoms with Crippen molar-refractivity contribution >= 4 is 17.3 Å². The minimum atomic E-state index is -4.52. The van der Waals surface area contributed by atoms with Crippen LogP contribution in [0.4, 0.5) is 24.5 Å². The van der Waals surface area contributed by atoms with Gasteiger partial charge in [-0.3, -0.25) is 9.48 Å². The van der Waals surface area contributed by atoms with Gasteiger partial charge in [0.2, 0.25) is 0 Å². The Morgan fingerprint density at radius 3 is 2.50 bits per heavy atom. The summed E-state index contributed by atoms with van der Waals surface area (Å²) in [6.45, 7) is 0. The molecule has 6 nitrogen and oxygen atoms in total. The first-order valence-electron chi connectivity index (χ1n) is 5.41. The molecule has 0 aliphatic rings. The van der Waals surface area contributed by atoms with E-state index >= 15 is 0 Å². The molecule has 0 saturated heterocycles. The first-order chi connectivity index (χ1) is 9.29. The van der Waals surface area contributed by atoms with Crippen molar-refractivity contribution in [3.05, 3.63) is 35.9 Å². The highest BCUT2D eigenvalue weighted by molar-refractivity contribution is 6.06. The van der Waals surface area contributed by atoms with Crippen LogP contribution < -0.4 is 11.1 Å². The highest BCUT2D eigenvalue weighted by Gasteiger charge is 2.32. The van der Waals surface area contributed by atoms with Gasteiger partial charge < -0.3 is 11.1 Å². The quantitative estimate of drug-likeness (QED) is 0.878. The van der Waals surface area contributed by atoms with Gasteiger partial charge in [0.05, 0.1) is 23.8 Å². The molecule has 0 atom stereocenters. The second kappa shape index (κ2) is 4.83. The highest BCUT2D eigenvalue weighted by atomic mass is 19.4. The number of hydrogen-bond acceptors (Lipinski definition) is 4. The van der Waals surface area contributed by atoms with Crippen molar-refractivity contribution in [1.29, 1.82) is 0 Å². The van der Waals surface area contributed by atoms with E-state index in [0.717, 1.165) is 18.3 Å². The highest BCUT2D eigenvalue weighted by Crippen LogP contribution is 2.27. The van der Waals surface area contributed by atoms with Gasteiger partial charge in [0.15, 0.2) is 0 Å². The number of rotatable bonds is 2. The molecule has 3 N–H and O–H groups in total. The number of carbonyl (C=O) groups excluding carboxylic acids is 1. The molecule has 0 spiro atoms. The Morgan fingerprint density at radius 1 is 1.35 bits per heavy atom. The standard InChI is InChI=1S/C11H10F3N5O/c1-19-9(7(15)5-17-19)10(20)18-6-2-3-8(16-4-6)11(12,13)14/h2-5H,15H2,1H3,(H,18,20). The fraction of sp³-hybridized carbons (Fsp3) is 0.182. The van der Waals surface area contributed by atoms with Crippen molar-refractivity contribution in [3.63, 3.8) is 0 Å². The minimum absolute atomic E-state index is 0.116. The maximum Gasteiger partial charge on any atom is 0.433 e.